The number of nitrogens with one attached hydrogen (secondary N) is 1. The molecule has 1 saturated carbocycles. The van der Waals surface area contributed by atoms with Gasteiger partial charge in [-0.1, -0.05) is 80.6 Å². The van der Waals surface area contributed by atoms with Crippen LogP contribution in [-0.2, 0) is 19.4 Å². The quantitative estimate of drug-likeness (QED) is 0.387. The number of terminal acetylenes is 1. The van der Waals surface area contributed by atoms with E-state index in [1.54, 1.807) is 0 Å². The zero-order valence-corrected chi connectivity index (χ0v) is 19.3. The maximum atomic E-state index is 5.53. The third-order valence-corrected chi connectivity index (χ3v) is 6.59. The van der Waals surface area contributed by atoms with Crippen LogP contribution in [0.5, 0.6) is 0 Å². The smallest absolute Gasteiger partial charge is 0.205 e. The van der Waals surface area contributed by atoms with Crippen LogP contribution in [0.3, 0.4) is 0 Å². The Labute approximate surface area is 200 Å². The van der Waals surface area contributed by atoms with E-state index >= 15 is 0 Å². The minimum absolute atomic E-state index is 0.589. The van der Waals surface area contributed by atoms with Gasteiger partial charge < -0.3 is 0 Å². The summed E-state index contributed by atoms with van der Waals surface area (Å²) in [6.07, 6.45) is 14.5. The van der Waals surface area contributed by atoms with Gasteiger partial charge in [-0.25, -0.2) is 9.67 Å². The molecular formula is C27H29N7. The number of rotatable bonds is 8. The highest BCUT2D eigenvalue weighted by Crippen LogP contribution is 2.30. The van der Waals surface area contributed by atoms with E-state index in [0.717, 1.165) is 41.2 Å². The summed E-state index contributed by atoms with van der Waals surface area (Å²) < 4.78 is 2.04. The summed E-state index contributed by atoms with van der Waals surface area (Å²) >= 11 is 0. The van der Waals surface area contributed by atoms with Gasteiger partial charge in [0.1, 0.15) is 5.82 Å². The Morgan fingerprint density at radius 3 is 2.53 bits per heavy atom. The highest BCUT2D eigenvalue weighted by molar-refractivity contribution is 5.80. The van der Waals surface area contributed by atoms with Crippen molar-refractivity contribution in [3.8, 4) is 34.9 Å². The molecule has 0 amide bonds. The molecule has 0 atom stereocenters. The molecule has 2 aromatic heterocycles. The van der Waals surface area contributed by atoms with Crippen molar-refractivity contribution in [2.45, 2.75) is 57.9 Å². The summed E-state index contributed by atoms with van der Waals surface area (Å²) in [5.41, 5.74) is 4.30. The number of hydrogen-bond donors (Lipinski definition) is 1. The van der Waals surface area contributed by atoms with Gasteiger partial charge in [-0.15, -0.1) is 22.5 Å². The first-order valence-corrected chi connectivity index (χ1v) is 12.1. The number of nitrogens with zero attached hydrogens (tertiary/aromatic N) is 6. The van der Waals surface area contributed by atoms with E-state index in [0.29, 0.717) is 24.7 Å². The number of hydrogen-bond acceptors (Lipinski definition) is 5. The van der Waals surface area contributed by atoms with E-state index in [9.17, 15) is 0 Å². The molecule has 1 fully saturated rings. The fraction of sp³-hybridized carbons (Fsp3) is 0.370. The van der Waals surface area contributed by atoms with Crippen molar-refractivity contribution < 1.29 is 0 Å². The van der Waals surface area contributed by atoms with Gasteiger partial charge in [0.05, 0.1) is 6.54 Å². The maximum Gasteiger partial charge on any atom is 0.205 e. The standard InChI is InChI=1S/C27H29N7/c1-2-3-13-26-28-25(18-20-9-5-4-6-10-20)31-34(26)19-21-14-16-22(17-15-21)23-11-7-8-12-24(23)27-29-32-33-30-27/h1,7-8,11-12,14-17,20H,3-6,9-10,13,18-19H2,(H,29,30,32,33). The Bertz CT molecular complexity index is 1240. The van der Waals surface area contributed by atoms with Gasteiger partial charge in [-0.3, -0.25) is 0 Å². The zero-order valence-electron chi connectivity index (χ0n) is 19.3. The first kappa shape index (κ1) is 22.0. The molecule has 4 aromatic rings. The zero-order chi connectivity index (χ0) is 23.2. The second-order valence-corrected chi connectivity index (χ2v) is 8.99. The summed E-state index contributed by atoms with van der Waals surface area (Å²) in [6.45, 7) is 0.685. The molecule has 7 heteroatoms. The van der Waals surface area contributed by atoms with Gasteiger partial charge >= 0.3 is 0 Å². The van der Waals surface area contributed by atoms with Gasteiger partial charge in [0.25, 0.3) is 0 Å². The van der Waals surface area contributed by atoms with Crippen LogP contribution in [0.2, 0.25) is 0 Å². The summed E-state index contributed by atoms with van der Waals surface area (Å²) in [7, 11) is 0. The molecule has 2 heterocycles. The van der Waals surface area contributed by atoms with Crippen molar-refractivity contribution in [1.82, 2.24) is 35.4 Å². The molecule has 1 aliphatic carbocycles. The van der Waals surface area contributed by atoms with Crippen LogP contribution < -0.4 is 0 Å². The fourth-order valence-corrected chi connectivity index (χ4v) is 4.83. The SMILES string of the molecule is C#CCCc1nc(CC2CCCCC2)nn1Cc1ccc(-c2ccccc2-c2nn[nH]n2)cc1. The number of aromatic nitrogens is 7. The summed E-state index contributed by atoms with van der Waals surface area (Å²) in [4.78, 5) is 4.88. The molecule has 0 unspecified atom stereocenters. The summed E-state index contributed by atoms with van der Waals surface area (Å²) in [5.74, 6) is 5.99. The monoisotopic (exact) mass is 451 g/mol. The average molecular weight is 452 g/mol. The predicted octanol–water partition coefficient (Wildman–Crippen LogP) is 4.86. The van der Waals surface area contributed by atoms with Crippen molar-refractivity contribution >= 4 is 0 Å². The van der Waals surface area contributed by atoms with E-state index in [1.807, 2.05) is 22.9 Å². The lowest BCUT2D eigenvalue weighted by atomic mass is 9.87. The van der Waals surface area contributed by atoms with E-state index in [1.165, 1.54) is 37.7 Å². The minimum Gasteiger partial charge on any atom is -0.245 e. The van der Waals surface area contributed by atoms with Crippen LogP contribution in [0.4, 0.5) is 0 Å². The van der Waals surface area contributed by atoms with E-state index in [4.69, 9.17) is 16.5 Å². The van der Waals surface area contributed by atoms with Crippen LogP contribution in [0.15, 0.2) is 48.5 Å². The lowest BCUT2D eigenvalue weighted by Gasteiger charge is -2.19. The molecule has 0 bridgehead atoms. The number of tetrazole rings is 1. The molecule has 2 aromatic carbocycles. The molecule has 1 aliphatic rings. The van der Waals surface area contributed by atoms with Crippen molar-refractivity contribution in [2.24, 2.45) is 5.92 Å². The molecule has 172 valence electrons. The summed E-state index contributed by atoms with van der Waals surface area (Å²) in [5, 5.41) is 19.4. The predicted molar refractivity (Wildman–Crippen MR) is 132 cm³/mol. The first-order chi connectivity index (χ1) is 16.8. The highest BCUT2D eigenvalue weighted by Gasteiger charge is 2.18. The van der Waals surface area contributed by atoms with Crippen LogP contribution in [0.1, 0.15) is 55.7 Å². The largest absolute Gasteiger partial charge is 0.245 e. The third-order valence-electron chi connectivity index (χ3n) is 6.59. The Morgan fingerprint density at radius 1 is 1.00 bits per heavy atom. The Kier molecular flexibility index (Phi) is 6.76. The van der Waals surface area contributed by atoms with Crippen molar-refractivity contribution in [2.75, 3.05) is 0 Å². The van der Waals surface area contributed by atoms with Gasteiger partial charge in [-0.05, 0) is 27.8 Å². The molecule has 5 rings (SSSR count). The number of benzene rings is 2. The molecule has 0 aliphatic heterocycles. The van der Waals surface area contributed by atoms with Gasteiger partial charge in [-0.2, -0.15) is 10.3 Å². The van der Waals surface area contributed by atoms with Crippen LogP contribution >= 0.6 is 0 Å². The molecular weight excluding hydrogens is 422 g/mol. The second-order valence-electron chi connectivity index (χ2n) is 8.99. The Morgan fingerprint density at radius 2 is 1.79 bits per heavy atom. The molecule has 0 saturated heterocycles. The first-order valence-electron chi connectivity index (χ1n) is 12.1. The molecule has 0 spiro atoms. The van der Waals surface area contributed by atoms with Crippen LogP contribution in [-0.4, -0.2) is 35.4 Å². The average Bonchev–Trinajstić information content (AvgIpc) is 3.54. The normalized spacial score (nSPS) is 14.2. The van der Waals surface area contributed by atoms with E-state index < -0.39 is 0 Å². The second kappa shape index (κ2) is 10.4. The van der Waals surface area contributed by atoms with Crippen molar-refractivity contribution in [3.05, 3.63) is 65.7 Å². The Hall–Kier alpha value is -3.79. The van der Waals surface area contributed by atoms with Crippen LogP contribution in [0.25, 0.3) is 22.5 Å². The van der Waals surface area contributed by atoms with Crippen molar-refractivity contribution in [3.63, 3.8) is 0 Å². The molecule has 34 heavy (non-hydrogen) atoms. The number of aryl methyl sites for hydroxylation is 1. The molecule has 7 nitrogen and oxygen atoms in total. The van der Waals surface area contributed by atoms with Gasteiger partial charge in [0.2, 0.25) is 5.82 Å². The lowest BCUT2D eigenvalue weighted by molar-refractivity contribution is 0.351. The molecule has 0 radical (unpaired) electrons. The maximum absolute atomic E-state index is 5.53. The van der Waals surface area contributed by atoms with Gasteiger partial charge in [0.15, 0.2) is 5.82 Å². The number of aromatic amines is 1. The van der Waals surface area contributed by atoms with Gasteiger partial charge in [0, 0.05) is 24.8 Å². The number of H-pyrrole nitrogens is 1. The highest BCUT2D eigenvalue weighted by atomic mass is 15.5. The third kappa shape index (κ3) is 5.07. The Balaban J connectivity index is 1.35. The van der Waals surface area contributed by atoms with E-state index in [-0.39, 0.29) is 0 Å². The van der Waals surface area contributed by atoms with Crippen LogP contribution in [0, 0.1) is 18.3 Å². The van der Waals surface area contributed by atoms with Crippen molar-refractivity contribution in [1.29, 1.82) is 0 Å². The topological polar surface area (TPSA) is 85.2 Å². The summed E-state index contributed by atoms with van der Waals surface area (Å²) in [6, 6.07) is 16.7. The fourth-order valence-electron chi connectivity index (χ4n) is 4.83. The molecule has 1 N–H and O–H groups in total. The minimum atomic E-state index is 0.589. The lowest BCUT2D eigenvalue weighted by Crippen LogP contribution is -2.11. The van der Waals surface area contributed by atoms with E-state index in [2.05, 4.69) is 56.9 Å².